The van der Waals surface area contributed by atoms with Crippen molar-refractivity contribution in [3.63, 3.8) is 0 Å². The minimum Gasteiger partial charge on any atom is -0.364 e. The molecule has 0 spiro atoms. The van der Waals surface area contributed by atoms with Crippen LogP contribution in [0.3, 0.4) is 0 Å². The van der Waals surface area contributed by atoms with Gasteiger partial charge in [-0.2, -0.15) is 0 Å². The molecule has 0 aromatic carbocycles. The smallest absolute Gasteiger partial charge is 0.264 e. The second kappa shape index (κ2) is 6.31. The number of carbonyl (C=O) groups is 1. The van der Waals surface area contributed by atoms with Gasteiger partial charge in [-0.15, -0.1) is 0 Å². The Morgan fingerprint density at radius 1 is 1.00 bits per heavy atom. The van der Waals surface area contributed by atoms with Crippen LogP contribution in [0.15, 0.2) is 30.6 Å². The van der Waals surface area contributed by atoms with E-state index in [1.165, 1.54) is 0 Å². The van der Waals surface area contributed by atoms with Crippen molar-refractivity contribution in [2.24, 2.45) is 0 Å². The van der Waals surface area contributed by atoms with Crippen LogP contribution in [0.5, 0.6) is 0 Å². The maximum atomic E-state index is 13.0. The SMILES string of the molecule is COCN1C(=O)c2cccnc2N(COC)c2nccc(C)c21. The van der Waals surface area contributed by atoms with Crippen LogP contribution >= 0.6 is 0 Å². The summed E-state index contributed by atoms with van der Waals surface area (Å²) in [6.45, 7) is 2.31. The lowest BCUT2D eigenvalue weighted by atomic mass is 10.2. The summed E-state index contributed by atoms with van der Waals surface area (Å²) >= 11 is 0. The van der Waals surface area contributed by atoms with Crippen LogP contribution in [0.1, 0.15) is 15.9 Å². The summed E-state index contributed by atoms with van der Waals surface area (Å²) < 4.78 is 10.5. The summed E-state index contributed by atoms with van der Waals surface area (Å²) in [5, 5.41) is 0. The van der Waals surface area contributed by atoms with E-state index in [0.29, 0.717) is 22.9 Å². The third kappa shape index (κ3) is 2.54. The van der Waals surface area contributed by atoms with Gasteiger partial charge in [-0.3, -0.25) is 14.6 Å². The fourth-order valence-corrected chi connectivity index (χ4v) is 2.70. The molecule has 0 atom stereocenters. The van der Waals surface area contributed by atoms with Crippen molar-refractivity contribution < 1.29 is 14.3 Å². The topological polar surface area (TPSA) is 67.8 Å². The van der Waals surface area contributed by atoms with Crippen LogP contribution in [0.2, 0.25) is 0 Å². The Labute approximate surface area is 134 Å². The predicted octanol–water partition coefficient (Wildman–Crippen LogP) is 2.09. The fraction of sp³-hybridized carbons (Fsp3) is 0.312. The van der Waals surface area contributed by atoms with Crippen LogP contribution in [0, 0.1) is 6.92 Å². The molecule has 0 unspecified atom stereocenters. The molecule has 0 bridgehead atoms. The van der Waals surface area contributed by atoms with Crippen molar-refractivity contribution in [2.45, 2.75) is 6.92 Å². The maximum Gasteiger partial charge on any atom is 0.264 e. The first kappa shape index (κ1) is 15.4. The van der Waals surface area contributed by atoms with E-state index in [1.807, 2.05) is 13.0 Å². The van der Waals surface area contributed by atoms with Gasteiger partial charge < -0.3 is 9.47 Å². The number of anilines is 3. The molecule has 0 saturated heterocycles. The van der Waals surface area contributed by atoms with Crippen molar-refractivity contribution in [2.75, 3.05) is 37.5 Å². The minimum atomic E-state index is -0.175. The molecule has 0 N–H and O–H groups in total. The van der Waals surface area contributed by atoms with Crippen molar-refractivity contribution >= 4 is 23.2 Å². The number of ether oxygens (including phenoxy) is 2. The van der Waals surface area contributed by atoms with Crippen molar-refractivity contribution in [3.8, 4) is 0 Å². The standard InChI is InChI=1S/C16H18N4O3/c1-11-6-8-18-15-13(11)19(9-22-2)16(21)12-5-4-7-17-14(12)20(15)10-23-3/h4-8H,9-10H2,1-3H3. The van der Waals surface area contributed by atoms with Crippen LogP contribution in [-0.2, 0) is 9.47 Å². The number of amides is 1. The summed E-state index contributed by atoms with van der Waals surface area (Å²) in [6, 6.07) is 5.35. The number of pyridine rings is 2. The summed E-state index contributed by atoms with van der Waals surface area (Å²) in [5.41, 5.74) is 2.11. The summed E-state index contributed by atoms with van der Waals surface area (Å²) in [6.07, 6.45) is 3.36. The molecular formula is C16H18N4O3. The lowest BCUT2D eigenvalue weighted by molar-refractivity contribution is 0.0937. The monoisotopic (exact) mass is 314 g/mol. The molecule has 23 heavy (non-hydrogen) atoms. The largest absolute Gasteiger partial charge is 0.364 e. The quantitative estimate of drug-likeness (QED) is 0.861. The van der Waals surface area contributed by atoms with Crippen LogP contribution in [0.25, 0.3) is 0 Å². The van der Waals surface area contributed by atoms with E-state index in [4.69, 9.17) is 9.47 Å². The zero-order valence-corrected chi connectivity index (χ0v) is 13.3. The molecule has 0 aliphatic carbocycles. The van der Waals surface area contributed by atoms with E-state index in [9.17, 15) is 4.79 Å². The minimum absolute atomic E-state index is 0.132. The van der Waals surface area contributed by atoms with Crippen molar-refractivity contribution in [1.29, 1.82) is 0 Å². The number of fused-ring (bicyclic) bond motifs is 2. The van der Waals surface area contributed by atoms with E-state index in [2.05, 4.69) is 9.97 Å². The third-order valence-corrected chi connectivity index (χ3v) is 3.67. The normalized spacial score (nSPS) is 13.6. The molecule has 7 heteroatoms. The number of methoxy groups -OCH3 is 2. The van der Waals surface area contributed by atoms with Gasteiger partial charge in [-0.05, 0) is 30.7 Å². The molecule has 1 aliphatic rings. The molecule has 3 heterocycles. The highest BCUT2D eigenvalue weighted by Crippen LogP contribution is 2.39. The van der Waals surface area contributed by atoms with Crippen LogP contribution < -0.4 is 9.80 Å². The molecule has 0 saturated carbocycles. The highest BCUT2D eigenvalue weighted by atomic mass is 16.5. The van der Waals surface area contributed by atoms with Crippen LogP contribution in [0.4, 0.5) is 17.3 Å². The van der Waals surface area contributed by atoms with Crippen molar-refractivity contribution in [3.05, 3.63) is 41.7 Å². The van der Waals surface area contributed by atoms with E-state index in [1.54, 1.807) is 48.5 Å². The van der Waals surface area contributed by atoms with Gasteiger partial charge in [-0.1, -0.05) is 0 Å². The molecule has 2 aromatic rings. The molecule has 2 aromatic heterocycles. The number of nitrogens with zero attached hydrogens (tertiary/aromatic N) is 4. The Morgan fingerprint density at radius 3 is 2.43 bits per heavy atom. The van der Waals surface area contributed by atoms with Gasteiger partial charge in [0.1, 0.15) is 19.3 Å². The second-order valence-electron chi connectivity index (χ2n) is 5.17. The Bertz CT molecular complexity index is 735. The second-order valence-corrected chi connectivity index (χ2v) is 5.17. The van der Waals surface area contributed by atoms with E-state index in [-0.39, 0.29) is 19.4 Å². The predicted molar refractivity (Wildman–Crippen MR) is 85.9 cm³/mol. The first-order valence-corrected chi connectivity index (χ1v) is 7.17. The third-order valence-electron chi connectivity index (χ3n) is 3.67. The van der Waals surface area contributed by atoms with Crippen molar-refractivity contribution in [1.82, 2.24) is 9.97 Å². The Balaban J connectivity index is 2.30. The summed E-state index contributed by atoms with van der Waals surface area (Å²) in [5.74, 6) is 0.970. The van der Waals surface area contributed by atoms with Crippen LogP contribution in [-0.4, -0.2) is 43.6 Å². The Kier molecular flexibility index (Phi) is 4.22. The Hall–Kier alpha value is -2.51. The van der Waals surface area contributed by atoms with Gasteiger partial charge in [0.25, 0.3) is 5.91 Å². The number of hydrogen-bond acceptors (Lipinski definition) is 6. The van der Waals surface area contributed by atoms with Gasteiger partial charge in [0.05, 0.1) is 11.3 Å². The van der Waals surface area contributed by atoms with E-state index in [0.717, 1.165) is 5.56 Å². The average Bonchev–Trinajstić information content (AvgIpc) is 2.66. The summed E-state index contributed by atoms with van der Waals surface area (Å²) in [7, 11) is 3.15. The highest BCUT2D eigenvalue weighted by Gasteiger charge is 2.33. The zero-order chi connectivity index (χ0) is 16.4. The lowest BCUT2D eigenvalue weighted by Gasteiger charge is -2.25. The molecule has 0 fully saturated rings. The highest BCUT2D eigenvalue weighted by molar-refractivity contribution is 6.13. The lowest BCUT2D eigenvalue weighted by Crippen LogP contribution is -2.33. The Morgan fingerprint density at radius 2 is 1.70 bits per heavy atom. The number of aromatic nitrogens is 2. The van der Waals surface area contributed by atoms with Gasteiger partial charge in [-0.25, -0.2) is 9.97 Å². The zero-order valence-electron chi connectivity index (χ0n) is 13.3. The molecule has 1 aliphatic heterocycles. The van der Waals surface area contributed by atoms with Gasteiger partial charge in [0.15, 0.2) is 5.82 Å². The molecule has 7 nitrogen and oxygen atoms in total. The molecule has 1 amide bonds. The maximum absolute atomic E-state index is 13.0. The number of carbonyl (C=O) groups excluding carboxylic acids is 1. The van der Waals surface area contributed by atoms with Gasteiger partial charge in [0.2, 0.25) is 0 Å². The first-order chi connectivity index (χ1) is 11.2. The number of aryl methyl sites for hydroxylation is 1. The van der Waals surface area contributed by atoms with E-state index >= 15 is 0 Å². The molecular weight excluding hydrogens is 296 g/mol. The van der Waals surface area contributed by atoms with E-state index < -0.39 is 0 Å². The number of rotatable bonds is 4. The first-order valence-electron chi connectivity index (χ1n) is 7.17. The molecule has 0 radical (unpaired) electrons. The van der Waals surface area contributed by atoms with Gasteiger partial charge >= 0.3 is 0 Å². The average molecular weight is 314 g/mol. The van der Waals surface area contributed by atoms with Gasteiger partial charge in [0, 0.05) is 26.6 Å². The molecule has 120 valence electrons. The summed E-state index contributed by atoms with van der Waals surface area (Å²) in [4.78, 5) is 25.2. The fourth-order valence-electron chi connectivity index (χ4n) is 2.70. The number of hydrogen-bond donors (Lipinski definition) is 0. The molecule has 3 rings (SSSR count).